The number of benzene rings is 2. The van der Waals surface area contributed by atoms with Gasteiger partial charge in [-0.05, 0) is 58.1 Å². The van der Waals surface area contributed by atoms with Gasteiger partial charge in [0.25, 0.3) is 0 Å². The van der Waals surface area contributed by atoms with E-state index in [2.05, 4.69) is 31.2 Å². The summed E-state index contributed by atoms with van der Waals surface area (Å²) in [4.78, 5) is 0. The third kappa shape index (κ3) is 4.44. The second-order valence-corrected chi connectivity index (χ2v) is 6.78. The van der Waals surface area contributed by atoms with E-state index < -0.39 is 0 Å². The molecule has 3 rings (SSSR count). The van der Waals surface area contributed by atoms with Crippen LogP contribution < -0.4 is 9.47 Å². The fourth-order valence-electron chi connectivity index (χ4n) is 2.18. The van der Waals surface area contributed by atoms with Gasteiger partial charge in [0.2, 0.25) is 5.16 Å². The minimum atomic E-state index is 0.279. The molecule has 0 saturated heterocycles. The molecule has 0 spiro atoms. The van der Waals surface area contributed by atoms with Crippen LogP contribution in [0.25, 0.3) is 0 Å². The average Bonchev–Trinajstić information content (AvgIpc) is 3.07. The number of para-hydroxylation sites is 1. The van der Waals surface area contributed by atoms with Gasteiger partial charge >= 0.3 is 0 Å². The Balaban J connectivity index is 1.80. The lowest BCUT2D eigenvalue weighted by molar-refractivity contribution is 0.290. The lowest BCUT2D eigenvalue weighted by Gasteiger charge is -2.06. The Kier molecular flexibility index (Phi) is 6.30. The van der Waals surface area contributed by atoms with Gasteiger partial charge in [-0.15, -0.1) is 10.2 Å². The predicted octanol–water partition coefficient (Wildman–Crippen LogP) is 4.23. The standard InChI is InChI=1S/C18H17BrN4O2S/c1-24-16-9-8-13(10-15(16)19)11-20-23-17(21-22-18(23)26-2)12-25-14-6-4-3-5-7-14/h3-11H,12H2,1-2H3/b20-11-. The van der Waals surface area contributed by atoms with Gasteiger partial charge in [-0.2, -0.15) is 9.78 Å². The topological polar surface area (TPSA) is 61.5 Å². The number of rotatable bonds is 7. The molecule has 2 aromatic carbocycles. The molecule has 3 aromatic rings. The van der Waals surface area contributed by atoms with Crippen LogP contribution in [0.2, 0.25) is 0 Å². The van der Waals surface area contributed by atoms with Crippen molar-refractivity contribution in [2.24, 2.45) is 5.10 Å². The van der Waals surface area contributed by atoms with Crippen LogP contribution in [0.4, 0.5) is 0 Å². The second kappa shape index (κ2) is 8.86. The number of ether oxygens (including phenoxy) is 2. The molecule has 0 amide bonds. The lowest BCUT2D eigenvalue weighted by Crippen LogP contribution is -2.04. The summed E-state index contributed by atoms with van der Waals surface area (Å²) < 4.78 is 13.6. The maximum atomic E-state index is 5.76. The maximum Gasteiger partial charge on any atom is 0.211 e. The van der Waals surface area contributed by atoms with Crippen molar-refractivity contribution >= 4 is 33.9 Å². The van der Waals surface area contributed by atoms with Crippen LogP contribution in [-0.2, 0) is 6.61 Å². The Bertz CT molecular complexity index is 899. The zero-order chi connectivity index (χ0) is 18.4. The van der Waals surface area contributed by atoms with Crippen LogP contribution in [0.3, 0.4) is 0 Å². The SMILES string of the molecule is COc1ccc(/C=N\n2c(COc3ccccc3)nnc2SC)cc1Br. The Morgan fingerprint density at radius 1 is 1.19 bits per heavy atom. The first-order valence-corrected chi connectivity index (χ1v) is 9.77. The van der Waals surface area contributed by atoms with E-state index in [-0.39, 0.29) is 6.61 Å². The van der Waals surface area contributed by atoms with Crippen LogP contribution in [0, 0.1) is 0 Å². The van der Waals surface area contributed by atoms with Gasteiger partial charge in [0.05, 0.1) is 17.8 Å². The van der Waals surface area contributed by atoms with Gasteiger partial charge in [-0.25, -0.2) is 0 Å². The number of thioether (sulfide) groups is 1. The van der Waals surface area contributed by atoms with Crippen molar-refractivity contribution in [3.63, 3.8) is 0 Å². The molecule has 0 saturated carbocycles. The summed E-state index contributed by atoms with van der Waals surface area (Å²) in [5, 5.41) is 13.6. The first-order chi connectivity index (χ1) is 12.7. The molecule has 134 valence electrons. The van der Waals surface area contributed by atoms with E-state index in [0.29, 0.717) is 11.0 Å². The molecule has 6 nitrogen and oxygen atoms in total. The van der Waals surface area contributed by atoms with Gasteiger partial charge in [0.1, 0.15) is 18.1 Å². The Morgan fingerprint density at radius 3 is 2.69 bits per heavy atom. The smallest absolute Gasteiger partial charge is 0.211 e. The quantitative estimate of drug-likeness (QED) is 0.412. The number of nitrogens with zero attached hydrogens (tertiary/aromatic N) is 4. The summed E-state index contributed by atoms with van der Waals surface area (Å²) in [5.74, 6) is 2.17. The van der Waals surface area contributed by atoms with Crippen LogP contribution in [0.1, 0.15) is 11.4 Å². The van der Waals surface area contributed by atoms with Crippen LogP contribution in [0.15, 0.2) is 63.3 Å². The third-order valence-corrected chi connectivity index (χ3v) is 4.71. The number of halogens is 1. The highest BCUT2D eigenvalue weighted by Gasteiger charge is 2.11. The van der Waals surface area contributed by atoms with Gasteiger partial charge in [-0.1, -0.05) is 30.0 Å². The first kappa shape index (κ1) is 18.5. The van der Waals surface area contributed by atoms with Crippen LogP contribution in [0.5, 0.6) is 11.5 Å². The molecule has 0 aliphatic heterocycles. The summed E-state index contributed by atoms with van der Waals surface area (Å²) in [6, 6.07) is 15.3. The summed E-state index contributed by atoms with van der Waals surface area (Å²) in [5.41, 5.74) is 0.924. The van der Waals surface area contributed by atoms with Gasteiger partial charge < -0.3 is 9.47 Å². The van der Waals surface area contributed by atoms with E-state index in [9.17, 15) is 0 Å². The zero-order valence-corrected chi connectivity index (χ0v) is 16.7. The Morgan fingerprint density at radius 2 is 2.00 bits per heavy atom. The predicted molar refractivity (Wildman–Crippen MR) is 106 cm³/mol. The molecular formula is C18H17BrN4O2S. The van der Waals surface area contributed by atoms with Crippen LogP contribution in [-0.4, -0.2) is 34.5 Å². The van der Waals surface area contributed by atoms with E-state index in [0.717, 1.165) is 21.5 Å². The molecule has 0 aliphatic rings. The van der Waals surface area contributed by atoms with E-state index in [1.165, 1.54) is 11.8 Å². The summed E-state index contributed by atoms with van der Waals surface area (Å²) in [6.45, 7) is 0.279. The van der Waals surface area contributed by atoms with Crippen molar-refractivity contribution in [3.05, 3.63) is 64.4 Å². The van der Waals surface area contributed by atoms with E-state index in [1.807, 2.05) is 54.8 Å². The average molecular weight is 433 g/mol. The molecule has 0 radical (unpaired) electrons. The number of hydrogen-bond acceptors (Lipinski definition) is 6. The molecule has 0 N–H and O–H groups in total. The highest BCUT2D eigenvalue weighted by atomic mass is 79.9. The summed E-state index contributed by atoms with van der Waals surface area (Å²) in [6.07, 6.45) is 3.68. The Hall–Kier alpha value is -2.32. The molecule has 0 fully saturated rings. The maximum absolute atomic E-state index is 5.76. The lowest BCUT2D eigenvalue weighted by atomic mass is 10.2. The monoisotopic (exact) mass is 432 g/mol. The Labute approximate surface area is 164 Å². The van der Waals surface area contributed by atoms with E-state index >= 15 is 0 Å². The molecule has 1 heterocycles. The van der Waals surface area contributed by atoms with Crippen LogP contribution >= 0.6 is 27.7 Å². The highest BCUT2D eigenvalue weighted by molar-refractivity contribution is 9.10. The first-order valence-electron chi connectivity index (χ1n) is 7.75. The molecule has 0 atom stereocenters. The molecule has 26 heavy (non-hydrogen) atoms. The largest absolute Gasteiger partial charge is 0.496 e. The second-order valence-electron chi connectivity index (χ2n) is 5.16. The van der Waals surface area contributed by atoms with Crippen molar-refractivity contribution in [3.8, 4) is 11.5 Å². The molecular weight excluding hydrogens is 416 g/mol. The van der Waals surface area contributed by atoms with Crippen molar-refractivity contribution in [1.29, 1.82) is 0 Å². The number of methoxy groups -OCH3 is 1. The van der Waals surface area contributed by atoms with Crippen molar-refractivity contribution in [1.82, 2.24) is 14.9 Å². The third-order valence-electron chi connectivity index (χ3n) is 3.47. The number of hydrogen-bond donors (Lipinski definition) is 0. The molecule has 0 aliphatic carbocycles. The van der Waals surface area contributed by atoms with Gasteiger partial charge in [0.15, 0.2) is 5.82 Å². The normalized spacial score (nSPS) is 11.0. The minimum absolute atomic E-state index is 0.279. The fraction of sp³-hybridized carbons (Fsp3) is 0.167. The summed E-state index contributed by atoms with van der Waals surface area (Å²) in [7, 11) is 1.63. The minimum Gasteiger partial charge on any atom is -0.496 e. The molecule has 1 aromatic heterocycles. The van der Waals surface area contributed by atoms with Gasteiger partial charge in [-0.3, -0.25) is 0 Å². The highest BCUT2D eigenvalue weighted by Crippen LogP contribution is 2.25. The van der Waals surface area contributed by atoms with Crippen molar-refractivity contribution < 1.29 is 9.47 Å². The van der Waals surface area contributed by atoms with Crippen molar-refractivity contribution in [2.75, 3.05) is 13.4 Å². The number of aromatic nitrogens is 3. The molecule has 0 unspecified atom stereocenters. The fourth-order valence-corrected chi connectivity index (χ4v) is 3.19. The van der Waals surface area contributed by atoms with E-state index in [4.69, 9.17) is 9.47 Å². The van der Waals surface area contributed by atoms with Gasteiger partial charge in [0, 0.05) is 0 Å². The zero-order valence-electron chi connectivity index (χ0n) is 14.3. The molecule has 8 heteroatoms. The summed E-state index contributed by atoms with van der Waals surface area (Å²) >= 11 is 4.95. The molecule has 0 bridgehead atoms. The van der Waals surface area contributed by atoms with E-state index in [1.54, 1.807) is 18.0 Å². The van der Waals surface area contributed by atoms with Crippen molar-refractivity contribution in [2.45, 2.75) is 11.8 Å².